The lowest BCUT2D eigenvalue weighted by Gasteiger charge is -2.40. The van der Waals surface area contributed by atoms with Crippen molar-refractivity contribution in [1.29, 1.82) is 0 Å². The highest BCUT2D eigenvalue weighted by molar-refractivity contribution is 8.45. The Morgan fingerprint density at radius 3 is 2.20 bits per heavy atom. The monoisotopic (exact) mass is 540 g/mol. The summed E-state index contributed by atoms with van der Waals surface area (Å²) in [6, 6.07) is 5.31. The van der Waals surface area contributed by atoms with Crippen LogP contribution in [-0.4, -0.2) is 24.0 Å². The topological polar surface area (TPSA) is 92.4 Å². The van der Waals surface area contributed by atoms with Crippen molar-refractivity contribution in [1.82, 2.24) is 10.3 Å². The zero-order valence-electron chi connectivity index (χ0n) is 17.4. The molecule has 0 fully saturated rings. The summed E-state index contributed by atoms with van der Waals surface area (Å²) in [5.74, 6) is -1.33. The molecular formula is C20H15ClF6N4O3S. The minimum absolute atomic E-state index is 0.0153. The van der Waals surface area contributed by atoms with E-state index in [1.54, 1.807) is 0 Å². The van der Waals surface area contributed by atoms with Gasteiger partial charge in [-0.2, -0.15) is 0 Å². The molecule has 1 heterocycles. The molecule has 35 heavy (non-hydrogen) atoms. The number of nitrogens with one attached hydrogen (secondary N) is 3. The predicted molar refractivity (Wildman–Crippen MR) is 120 cm³/mol. The van der Waals surface area contributed by atoms with Gasteiger partial charge in [0.2, 0.25) is 0 Å². The van der Waals surface area contributed by atoms with Crippen molar-refractivity contribution in [3.63, 3.8) is 0 Å². The SMILES string of the molecule is CNC(=O)c1cc(Oc2ccc(NC(=O)Nc3cc(S(F)(F)(F)(F)F)ccc3Cl)c(F)c2)ccn1. The molecule has 3 amide bonds. The standard InChI is InChI=1S/C20H15ClF6N4O3S/c1-28-19(32)18-9-12(6-7-29-18)34-11-2-5-16(15(22)8-11)30-20(33)31-17-10-13(3-4-14(17)21)35(23,24,25,26)27/h2-10H,1H3,(H,28,32)(H2,30,31,33). The number of anilines is 2. The molecule has 0 aliphatic rings. The van der Waals surface area contributed by atoms with E-state index in [1.807, 2.05) is 10.6 Å². The Hall–Kier alpha value is -3.65. The second-order valence-corrected chi connectivity index (χ2v) is 9.71. The third-order valence-corrected chi connectivity index (χ3v) is 5.72. The molecule has 3 N–H and O–H groups in total. The average molecular weight is 541 g/mol. The molecule has 7 nitrogen and oxygen atoms in total. The zero-order chi connectivity index (χ0) is 26.1. The quantitative estimate of drug-likeness (QED) is 0.285. The van der Waals surface area contributed by atoms with E-state index >= 15 is 0 Å². The van der Waals surface area contributed by atoms with Crippen LogP contribution in [0.3, 0.4) is 0 Å². The number of pyridine rings is 1. The highest BCUT2D eigenvalue weighted by Crippen LogP contribution is 3.02. The first-order chi connectivity index (χ1) is 16.1. The lowest BCUT2D eigenvalue weighted by molar-refractivity contribution is 0.0957. The van der Waals surface area contributed by atoms with Crippen molar-refractivity contribution in [2.75, 3.05) is 17.7 Å². The van der Waals surface area contributed by atoms with Gasteiger partial charge in [0.25, 0.3) is 5.91 Å². The molecule has 2 aromatic carbocycles. The summed E-state index contributed by atoms with van der Waals surface area (Å²) in [6.45, 7) is 0. The number of urea groups is 1. The number of rotatable bonds is 6. The number of hydrogen-bond acceptors (Lipinski definition) is 4. The molecule has 0 spiro atoms. The van der Waals surface area contributed by atoms with Crippen molar-refractivity contribution in [2.24, 2.45) is 0 Å². The van der Waals surface area contributed by atoms with E-state index < -0.39 is 49.3 Å². The smallest absolute Gasteiger partial charge is 0.323 e. The molecule has 0 bridgehead atoms. The molecule has 15 heteroatoms. The number of carbonyl (C=O) groups is 2. The van der Waals surface area contributed by atoms with Crippen LogP contribution >= 0.6 is 21.8 Å². The summed E-state index contributed by atoms with van der Waals surface area (Å²) < 4.78 is 85.0. The van der Waals surface area contributed by atoms with Crippen LogP contribution in [0.1, 0.15) is 10.5 Å². The molecular weight excluding hydrogens is 526 g/mol. The first-order valence-electron chi connectivity index (χ1n) is 9.33. The summed E-state index contributed by atoms with van der Waals surface area (Å²) in [5.41, 5.74) is -1.12. The molecule has 0 saturated heterocycles. The fraction of sp³-hybridized carbons (Fsp3) is 0.0500. The van der Waals surface area contributed by atoms with Crippen LogP contribution in [0.25, 0.3) is 0 Å². The van der Waals surface area contributed by atoms with Gasteiger partial charge in [0.15, 0.2) is 0 Å². The second-order valence-electron chi connectivity index (χ2n) is 6.89. The Bertz CT molecular complexity index is 1330. The molecule has 3 rings (SSSR count). The van der Waals surface area contributed by atoms with E-state index in [0.717, 1.165) is 12.1 Å². The second kappa shape index (κ2) is 8.53. The molecule has 1 aromatic heterocycles. The van der Waals surface area contributed by atoms with Gasteiger partial charge in [-0.05, 0) is 36.4 Å². The number of halogens is 7. The van der Waals surface area contributed by atoms with E-state index in [1.165, 1.54) is 31.4 Å². The molecule has 0 radical (unpaired) electrons. The first kappa shape index (κ1) is 26.0. The van der Waals surface area contributed by atoms with E-state index in [9.17, 15) is 33.4 Å². The maximum atomic E-state index is 14.4. The number of amides is 3. The number of aromatic nitrogens is 1. The summed E-state index contributed by atoms with van der Waals surface area (Å²) >= 11 is 5.69. The maximum absolute atomic E-state index is 14.4. The third kappa shape index (κ3) is 6.70. The van der Waals surface area contributed by atoms with E-state index in [2.05, 4.69) is 10.3 Å². The van der Waals surface area contributed by atoms with E-state index in [4.69, 9.17) is 16.3 Å². The van der Waals surface area contributed by atoms with Crippen LogP contribution in [0.5, 0.6) is 11.5 Å². The Labute approximate surface area is 199 Å². The number of ether oxygens (including phenoxy) is 1. The molecule has 0 aliphatic carbocycles. The summed E-state index contributed by atoms with van der Waals surface area (Å²) in [5, 5.41) is 5.82. The largest absolute Gasteiger partial charge is 0.457 e. The van der Waals surface area contributed by atoms with Gasteiger partial charge in [-0.3, -0.25) is 9.78 Å². The van der Waals surface area contributed by atoms with Gasteiger partial charge in [-0.1, -0.05) is 31.0 Å². The highest BCUT2D eigenvalue weighted by atomic mass is 35.5. The molecule has 0 atom stereocenters. The average Bonchev–Trinajstić information content (AvgIpc) is 2.75. The van der Waals surface area contributed by atoms with Crippen molar-refractivity contribution in [2.45, 2.75) is 4.90 Å². The predicted octanol–water partition coefficient (Wildman–Crippen LogP) is 7.33. The van der Waals surface area contributed by atoms with Gasteiger partial charge in [-0.15, -0.1) is 0 Å². The van der Waals surface area contributed by atoms with Gasteiger partial charge < -0.3 is 20.7 Å². The molecule has 188 valence electrons. The molecule has 0 aliphatic heterocycles. The zero-order valence-corrected chi connectivity index (χ0v) is 19.0. The number of carbonyl (C=O) groups excluding carboxylic acids is 2. The summed E-state index contributed by atoms with van der Waals surface area (Å²) in [7, 11) is -8.61. The number of hydrogen-bond donors (Lipinski definition) is 3. The Balaban J connectivity index is 1.73. The number of benzene rings is 2. The Morgan fingerprint density at radius 2 is 1.57 bits per heavy atom. The van der Waals surface area contributed by atoms with Gasteiger partial charge in [0, 0.05) is 25.4 Å². The van der Waals surface area contributed by atoms with Crippen molar-refractivity contribution in [3.05, 3.63) is 71.3 Å². The fourth-order valence-corrected chi connectivity index (χ4v) is 3.47. The van der Waals surface area contributed by atoms with Crippen LogP contribution in [0.15, 0.2) is 59.6 Å². The van der Waals surface area contributed by atoms with Crippen LogP contribution < -0.4 is 20.7 Å². The lowest BCUT2D eigenvalue weighted by Crippen LogP contribution is -2.20. The minimum Gasteiger partial charge on any atom is -0.457 e. The van der Waals surface area contributed by atoms with Gasteiger partial charge in [0.05, 0.1) is 16.4 Å². The third-order valence-electron chi connectivity index (χ3n) is 4.25. The van der Waals surface area contributed by atoms with Crippen molar-refractivity contribution < 1.29 is 38.1 Å². The molecule has 0 saturated carbocycles. The van der Waals surface area contributed by atoms with Crippen molar-refractivity contribution in [3.8, 4) is 11.5 Å². The number of nitrogens with zero attached hydrogens (tertiary/aromatic N) is 1. The highest BCUT2D eigenvalue weighted by Gasteiger charge is 2.65. The van der Waals surface area contributed by atoms with E-state index in [-0.39, 0.29) is 29.3 Å². The molecule has 0 unspecified atom stereocenters. The van der Waals surface area contributed by atoms with E-state index in [0.29, 0.717) is 6.07 Å². The van der Waals surface area contributed by atoms with Crippen LogP contribution in [0, 0.1) is 5.82 Å². The van der Waals surface area contributed by atoms with Gasteiger partial charge in [-0.25, -0.2) is 9.18 Å². The Kier molecular flexibility index (Phi) is 6.33. The summed E-state index contributed by atoms with van der Waals surface area (Å²) in [4.78, 5) is 25.4. The Morgan fingerprint density at radius 1 is 0.914 bits per heavy atom. The van der Waals surface area contributed by atoms with Crippen LogP contribution in [-0.2, 0) is 0 Å². The maximum Gasteiger partial charge on any atom is 0.323 e. The first-order valence-corrected chi connectivity index (χ1v) is 11.7. The normalized spacial score (nSPS) is 13.3. The van der Waals surface area contributed by atoms with Crippen LogP contribution in [0.4, 0.5) is 40.0 Å². The van der Waals surface area contributed by atoms with Crippen LogP contribution in [0.2, 0.25) is 5.02 Å². The van der Waals surface area contributed by atoms with Crippen molar-refractivity contribution >= 4 is 45.1 Å². The fourth-order valence-electron chi connectivity index (χ4n) is 2.64. The summed E-state index contributed by atoms with van der Waals surface area (Å²) in [6.07, 6.45) is 1.30. The lowest BCUT2D eigenvalue weighted by atomic mass is 10.2. The minimum atomic E-state index is -10.0. The molecule has 3 aromatic rings. The van der Waals surface area contributed by atoms with Gasteiger partial charge in [0.1, 0.15) is 27.9 Å². The van der Waals surface area contributed by atoms with Gasteiger partial charge >= 0.3 is 16.3 Å².